The number of hydrogen-bond acceptors (Lipinski definition) is 4. The number of nitrogens with zero attached hydrogens (tertiary/aromatic N) is 3. The number of likely N-dealkylation sites (N-methyl/N-ethyl adjacent to an activating group) is 1. The predicted molar refractivity (Wildman–Crippen MR) is 107 cm³/mol. The highest BCUT2D eigenvalue weighted by atomic mass is 35.5. The Morgan fingerprint density at radius 3 is 2.45 bits per heavy atom. The van der Waals surface area contributed by atoms with Gasteiger partial charge in [-0.3, -0.25) is 9.69 Å². The van der Waals surface area contributed by atoms with Crippen molar-refractivity contribution in [1.29, 1.82) is 5.26 Å². The largest absolute Gasteiger partial charge is 0.369 e. The highest BCUT2D eigenvalue weighted by Crippen LogP contribution is 2.46. The normalized spacial score (nSPS) is 22.2. The molecule has 0 bridgehead atoms. The van der Waals surface area contributed by atoms with E-state index in [2.05, 4.69) is 4.99 Å². The number of aliphatic imine (C=N–C) groups is 1. The van der Waals surface area contributed by atoms with Gasteiger partial charge in [-0.2, -0.15) is 5.26 Å². The lowest BCUT2D eigenvalue weighted by Crippen LogP contribution is -2.52. The predicted octanol–water partition coefficient (Wildman–Crippen LogP) is 4.11. The summed E-state index contributed by atoms with van der Waals surface area (Å²) in [5, 5.41) is 9.59. The molecule has 3 rings (SSSR count). The lowest BCUT2D eigenvalue weighted by atomic mass is 9.74. The van der Waals surface area contributed by atoms with Gasteiger partial charge in [0, 0.05) is 30.1 Å². The van der Waals surface area contributed by atoms with E-state index in [0.29, 0.717) is 21.7 Å². The van der Waals surface area contributed by atoms with Crippen molar-refractivity contribution >= 4 is 23.5 Å². The first-order chi connectivity index (χ1) is 13.5. The molecule has 2 aromatic carbocycles. The van der Waals surface area contributed by atoms with Crippen LogP contribution in [0.4, 0.5) is 8.78 Å². The van der Waals surface area contributed by atoms with E-state index >= 15 is 0 Å². The van der Waals surface area contributed by atoms with Gasteiger partial charge >= 0.3 is 0 Å². The van der Waals surface area contributed by atoms with Crippen LogP contribution in [0.15, 0.2) is 47.5 Å². The van der Waals surface area contributed by atoms with Crippen molar-refractivity contribution in [3.8, 4) is 6.07 Å². The number of guanidine groups is 1. The summed E-state index contributed by atoms with van der Waals surface area (Å²) in [4.78, 5) is 18.9. The van der Waals surface area contributed by atoms with Crippen molar-refractivity contribution in [2.75, 3.05) is 7.05 Å². The van der Waals surface area contributed by atoms with Gasteiger partial charge in [0.1, 0.15) is 5.54 Å². The molecule has 1 heterocycles. The number of nitrogens with two attached hydrogens (primary N) is 1. The molecule has 2 N–H and O–H groups in total. The number of rotatable bonds is 3. The molecule has 1 aliphatic heterocycles. The van der Waals surface area contributed by atoms with Gasteiger partial charge in [-0.25, -0.2) is 13.8 Å². The molecule has 0 aliphatic carbocycles. The maximum absolute atomic E-state index is 13.6. The summed E-state index contributed by atoms with van der Waals surface area (Å²) in [5.41, 5.74) is 5.88. The molecule has 5 nitrogen and oxygen atoms in total. The van der Waals surface area contributed by atoms with Crippen molar-refractivity contribution in [2.45, 2.75) is 31.2 Å². The Hall–Kier alpha value is -2.98. The molecule has 1 amide bonds. The van der Waals surface area contributed by atoms with Crippen LogP contribution in [0.3, 0.4) is 0 Å². The third-order valence-electron chi connectivity index (χ3n) is 5.22. The van der Waals surface area contributed by atoms with E-state index in [-0.39, 0.29) is 17.4 Å². The zero-order valence-corrected chi connectivity index (χ0v) is 16.8. The fraction of sp³-hybridized carbons (Fsp3) is 0.286. The van der Waals surface area contributed by atoms with Gasteiger partial charge < -0.3 is 5.73 Å². The van der Waals surface area contributed by atoms with Gasteiger partial charge in [0.2, 0.25) is 5.91 Å². The van der Waals surface area contributed by atoms with Crippen LogP contribution in [0.2, 0.25) is 5.02 Å². The van der Waals surface area contributed by atoms with Crippen molar-refractivity contribution in [1.82, 2.24) is 4.90 Å². The Balaban J connectivity index is 2.23. The average Bonchev–Trinajstić information content (AvgIpc) is 2.66. The summed E-state index contributed by atoms with van der Waals surface area (Å²) in [6.07, 6.45) is 0. The van der Waals surface area contributed by atoms with E-state index in [1.807, 2.05) is 6.07 Å². The van der Waals surface area contributed by atoms with E-state index in [1.165, 1.54) is 36.2 Å². The molecular formula is C21H19ClF2N4O. The second-order valence-electron chi connectivity index (χ2n) is 7.26. The first-order valence-corrected chi connectivity index (χ1v) is 9.18. The van der Waals surface area contributed by atoms with Crippen molar-refractivity contribution in [3.63, 3.8) is 0 Å². The molecule has 0 fully saturated rings. The molecule has 0 unspecified atom stereocenters. The summed E-state index contributed by atoms with van der Waals surface area (Å²) >= 11 is 6.40. The SMILES string of the molecule is CN1C(=O)[C@@H](c2ccc(C(C)(F)F)cc2)[C@@](C)(c2cc(C#N)ccc2Cl)N=C1N. The summed E-state index contributed by atoms with van der Waals surface area (Å²) in [6.45, 7) is 2.50. The van der Waals surface area contributed by atoms with E-state index in [9.17, 15) is 18.8 Å². The van der Waals surface area contributed by atoms with Gasteiger partial charge in [0.15, 0.2) is 5.96 Å². The van der Waals surface area contributed by atoms with Gasteiger partial charge in [0.25, 0.3) is 5.92 Å². The number of carbonyl (C=O) groups is 1. The maximum Gasteiger partial charge on any atom is 0.270 e. The minimum Gasteiger partial charge on any atom is -0.369 e. The summed E-state index contributed by atoms with van der Waals surface area (Å²) in [6, 6.07) is 12.3. The van der Waals surface area contributed by atoms with Crippen LogP contribution in [0.5, 0.6) is 0 Å². The zero-order valence-electron chi connectivity index (χ0n) is 16.1. The van der Waals surface area contributed by atoms with Crippen LogP contribution in [0, 0.1) is 11.3 Å². The number of alkyl halides is 2. The molecule has 2 aromatic rings. The van der Waals surface area contributed by atoms with Crippen molar-refractivity contribution < 1.29 is 13.6 Å². The zero-order chi connectivity index (χ0) is 21.6. The fourth-order valence-corrected chi connectivity index (χ4v) is 3.87. The molecule has 0 saturated heterocycles. The fourth-order valence-electron chi connectivity index (χ4n) is 3.56. The van der Waals surface area contributed by atoms with Crippen LogP contribution in [0.1, 0.15) is 42.0 Å². The van der Waals surface area contributed by atoms with Crippen LogP contribution in [-0.4, -0.2) is 23.8 Å². The van der Waals surface area contributed by atoms with E-state index in [4.69, 9.17) is 17.3 Å². The quantitative estimate of drug-likeness (QED) is 0.817. The highest BCUT2D eigenvalue weighted by Gasteiger charge is 2.48. The Labute approximate surface area is 172 Å². The maximum atomic E-state index is 13.6. The molecular weight excluding hydrogens is 398 g/mol. The average molecular weight is 417 g/mol. The third-order valence-corrected chi connectivity index (χ3v) is 5.55. The second-order valence-corrected chi connectivity index (χ2v) is 7.67. The molecule has 150 valence electrons. The molecule has 0 saturated carbocycles. The van der Waals surface area contributed by atoms with Crippen molar-refractivity contribution in [3.05, 3.63) is 69.7 Å². The number of hydrogen-bond donors (Lipinski definition) is 1. The lowest BCUT2D eigenvalue weighted by Gasteiger charge is -2.41. The topological polar surface area (TPSA) is 82.5 Å². The second kappa shape index (κ2) is 7.12. The van der Waals surface area contributed by atoms with Crippen molar-refractivity contribution in [2.24, 2.45) is 10.7 Å². The van der Waals surface area contributed by atoms with Crippen LogP contribution in [-0.2, 0) is 16.3 Å². The molecule has 2 atom stereocenters. The molecule has 0 aromatic heterocycles. The monoisotopic (exact) mass is 416 g/mol. The smallest absolute Gasteiger partial charge is 0.270 e. The first-order valence-electron chi connectivity index (χ1n) is 8.80. The minimum absolute atomic E-state index is 0.00360. The molecule has 0 spiro atoms. The highest BCUT2D eigenvalue weighted by molar-refractivity contribution is 6.31. The van der Waals surface area contributed by atoms with Crippen LogP contribution in [0.25, 0.3) is 0 Å². The summed E-state index contributed by atoms with van der Waals surface area (Å²) in [7, 11) is 1.50. The third kappa shape index (κ3) is 3.56. The Bertz CT molecular complexity index is 1040. The lowest BCUT2D eigenvalue weighted by molar-refractivity contribution is -0.130. The number of halogens is 3. The molecule has 0 radical (unpaired) electrons. The standard InChI is InChI=1S/C21H19ClF2N4O/c1-20(15-10-12(11-25)4-9-16(15)22)17(18(29)28(3)19(26)27-20)13-5-7-14(8-6-13)21(2,23)24/h4-10,17H,1-3H3,(H2,26,27)/t17-,20-/m1/s1. The molecule has 29 heavy (non-hydrogen) atoms. The number of carbonyl (C=O) groups excluding carboxylic acids is 1. The first kappa shape index (κ1) is 20.7. The van der Waals surface area contributed by atoms with Gasteiger partial charge in [0.05, 0.1) is 17.6 Å². The van der Waals surface area contributed by atoms with E-state index in [0.717, 1.165) is 6.92 Å². The number of nitriles is 1. The number of benzene rings is 2. The minimum atomic E-state index is -3.00. The van der Waals surface area contributed by atoms with Gasteiger partial charge in [-0.1, -0.05) is 35.9 Å². The molecule has 8 heteroatoms. The van der Waals surface area contributed by atoms with Gasteiger partial charge in [-0.15, -0.1) is 0 Å². The Morgan fingerprint density at radius 1 is 1.28 bits per heavy atom. The Kier molecular flexibility index (Phi) is 5.10. The van der Waals surface area contributed by atoms with E-state index in [1.54, 1.807) is 25.1 Å². The van der Waals surface area contributed by atoms with Crippen LogP contribution >= 0.6 is 11.6 Å². The van der Waals surface area contributed by atoms with Crippen LogP contribution < -0.4 is 5.73 Å². The van der Waals surface area contributed by atoms with Gasteiger partial charge in [-0.05, 0) is 30.7 Å². The molecule has 1 aliphatic rings. The Morgan fingerprint density at radius 2 is 1.90 bits per heavy atom. The van der Waals surface area contributed by atoms with E-state index < -0.39 is 17.4 Å². The summed E-state index contributed by atoms with van der Waals surface area (Å²) < 4.78 is 27.2. The number of amides is 1. The summed E-state index contributed by atoms with van der Waals surface area (Å²) in [5.74, 6) is -4.22.